The maximum absolute atomic E-state index is 3.70. The van der Waals surface area contributed by atoms with Gasteiger partial charge >= 0.3 is 0 Å². The van der Waals surface area contributed by atoms with Crippen LogP contribution in [-0.4, -0.2) is 4.83 Å². The molecule has 72 valence electrons. The molecule has 1 rings (SSSR count). The fourth-order valence-corrected chi connectivity index (χ4v) is 2.62. The highest BCUT2D eigenvalue weighted by atomic mass is 79.9. The summed E-state index contributed by atoms with van der Waals surface area (Å²) in [6.45, 7) is 2.29. The Kier molecular flexibility index (Phi) is 5.29. The normalized spacial score (nSPS) is 30.5. The molecule has 0 aromatic rings. The molecule has 1 heteroatoms. The van der Waals surface area contributed by atoms with Crippen molar-refractivity contribution in [1.29, 1.82) is 0 Å². The topological polar surface area (TPSA) is 0 Å². The summed E-state index contributed by atoms with van der Waals surface area (Å²) in [6.07, 6.45) is 11.5. The first-order valence-electron chi connectivity index (χ1n) is 5.47. The molecule has 0 atom stereocenters. The second-order valence-corrected chi connectivity index (χ2v) is 5.41. The van der Waals surface area contributed by atoms with Gasteiger partial charge in [0.15, 0.2) is 0 Å². The second-order valence-electron chi connectivity index (χ2n) is 4.11. The van der Waals surface area contributed by atoms with Crippen molar-refractivity contribution < 1.29 is 0 Å². The second kappa shape index (κ2) is 6.01. The van der Waals surface area contributed by atoms with Gasteiger partial charge in [0.1, 0.15) is 0 Å². The molecule has 0 radical (unpaired) electrons. The highest BCUT2D eigenvalue weighted by molar-refractivity contribution is 9.09. The Morgan fingerprint density at radius 1 is 1.08 bits per heavy atom. The molecule has 1 fully saturated rings. The predicted molar refractivity (Wildman–Crippen MR) is 58.8 cm³/mol. The van der Waals surface area contributed by atoms with Crippen molar-refractivity contribution in [1.82, 2.24) is 0 Å². The molecule has 0 heterocycles. The van der Waals surface area contributed by atoms with Gasteiger partial charge in [-0.1, -0.05) is 48.5 Å². The zero-order chi connectivity index (χ0) is 8.81. The monoisotopic (exact) mass is 232 g/mol. The van der Waals surface area contributed by atoms with Gasteiger partial charge in [-0.05, 0) is 31.6 Å². The molecule has 0 amide bonds. The molecule has 1 aliphatic rings. The average Bonchev–Trinajstić information content (AvgIpc) is 2.09. The quantitative estimate of drug-likeness (QED) is 0.494. The van der Waals surface area contributed by atoms with Gasteiger partial charge in [0.2, 0.25) is 0 Å². The van der Waals surface area contributed by atoms with E-state index >= 15 is 0 Å². The summed E-state index contributed by atoms with van der Waals surface area (Å²) >= 11 is 3.70. The van der Waals surface area contributed by atoms with Gasteiger partial charge in [0, 0.05) is 4.83 Å². The summed E-state index contributed by atoms with van der Waals surface area (Å²) in [7, 11) is 0. The lowest BCUT2D eigenvalue weighted by molar-refractivity contribution is 0.337. The molecule has 0 unspecified atom stereocenters. The van der Waals surface area contributed by atoms with Crippen LogP contribution in [0.5, 0.6) is 0 Å². The van der Waals surface area contributed by atoms with E-state index in [4.69, 9.17) is 0 Å². The molecule has 0 aliphatic heterocycles. The molecule has 1 aliphatic carbocycles. The first kappa shape index (κ1) is 10.6. The molecule has 1 saturated carbocycles. The van der Waals surface area contributed by atoms with Crippen molar-refractivity contribution >= 4 is 15.9 Å². The lowest BCUT2D eigenvalue weighted by atomic mass is 9.85. The Balaban J connectivity index is 2.01. The van der Waals surface area contributed by atoms with E-state index in [1.54, 1.807) is 0 Å². The Labute approximate surface area is 85.3 Å². The third-order valence-electron chi connectivity index (χ3n) is 2.99. The number of unbranched alkanes of at least 4 members (excludes halogenated alkanes) is 2. The van der Waals surface area contributed by atoms with Gasteiger partial charge < -0.3 is 0 Å². The Bertz CT molecular complexity index is 104. The highest BCUT2D eigenvalue weighted by Gasteiger charge is 2.18. The zero-order valence-corrected chi connectivity index (χ0v) is 9.78. The minimum absolute atomic E-state index is 0.833. The van der Waals surface area contributed by atoms with Gasteiger partial charge in [-0.3, -0.25) is 0 Å². The van der Waals surface area contributed by atoms with E-state index in [2.05, 4.69) is 22.9 Å². The zero-order valence-electron chi connectivity index (χ0n) is 8.19. The molecule has 0 bridgehead atoms. The fourth-order valence-electron chi connectivity index (χ4n) is 2.09. The predicted octanol–water partition coefficient (Wildman–Crippen LogP) is 4.52. The van der Waals surface area contributed by atoms with Crippen molar-refractivity contribution in [3.05, 3.63) is 0 Å². The molecule has 0 spiro atoms. The maximum Gasteiger partial charge on any atom is 0.0146 e. The molecular weight excluding hydrogens is 212 g/mol. The van der Waals surface area contributed by atoms with Crippen LogP contribution in [0, 0.1) is 5.92 Å². The fraction of sp³-hybridized carbons (Fsp3) is 1.00. The van der Waals surface area contributed by atoms with Crippen LogP contribution in [-0.2, 0) is 0 Å². The van der Waals surface area contributed by atoms with Crippen LogP contribution in [0.4, 0.5) is 0 Å². The number of alkyl halides is 1. The SMILES string of the molecule is CCCCCC1CCC(Br)CC1. The minimum Gasteiger partial charge on any atom is -0.0891 e. The van der Waals surface area contributed by atoms with Crippen molar-refractivity contribution in [2.75, 3.05) is 0 Å². The Morgan fingerprint density at radius 3 is 2.33 bits per heavy atom. The van der Waals surface area contributed by atoms with E-state index in [-0.39, 0.29) is 0 Å². The number of halogens is 1. The lowest BCUT2D eigenvalue weighted by Gasteiger charge is -2.24. The number of hydrogen-bond donors (Lipinski definition) is 0. The maximum atomic E-state index is 3.70. The van der Waals surface area contributed by atoms with Gasteiger partial charge in [-0.15, -0.1) is 0 Å². The minimum atomic E-state index is 0.833. The number of hydrogen-bond acceptors (Lipinski definition) is 0. The summed E-state index contributed by atoms with van der Waals surface area (Å²) < 4.78 is 0. The Morgan fingerprint density at radius 2 is 1.75 bits per heavy atom. The third kappa shape index (κ3) is 3.93. The molecule has 0 aromatic carbocycles. The van der Waals surface area contributed by atoms with Crippen LogP contribution < -0.4 is 0 Å². The average molecular weight is 233 g/mol. The van der Waals surface area contributed by atoms with E-state index in [1.807, 2.05) is 0 Å². The van der Waals surface area contributed by atoms with Crippen LogP contribution in [0.2, 0.25) is 0 Å². The summed E-state index contributed by atoms with van der Waals surface area (Å²) in [5, 5.41) is 0. The van der Waals surface area contributed by atoms with Crippen molar-refractivity contribution in [3.8, 4) is 0 Å². The van der Waals surface area contributed by atoms with Gasteiger partial charge in [-0.25, -0.2) is 0 Å². The largest absolute Gasteiger partial charge is 0.0891 e. The van der Waals surface area contributed by atoms with Crippen molar-refractivity contribution in [3.63, 3.8) is 0 Å². The first-order chi connectivity index (χ1) is 5.83. The third-order valence-corrected chi connectivity index (χ3v) is 3.91. The van der Waals surface area contributed by atoms with Crippen LogP contribution in [0.1, 0.15) is 58.3 Å². The molecule has 0 nitrogen and oxygen atoms in total. The summed E-state index contributed by atoms with van der Waals surface area (Å²) in [5.41, 5.74) is 0. The molecule has 0 N–H and O–H groups in total. The van der Waals surface area contributed by atoms with Crippen molar-refractivity contribution in [2.24, 2.45) is 5.92 Å². The first-order valence-corrected chi connectivity index (χ1v) is 6.38. The highest BCUT2D eigenvalue weighted by Crippen LogP contribution is 2.31. The van der Waals surface area contributed by atoms with Crippen LogP contribution >= 0.6 is 15.9 Å². The van der Waals surface area contributed by atoms with Crippen LogP contribution in [0.3, 0.4) is 0 Å². The van der Waals surface area contributed by atoms with E-state index in [0.717, 1.165) is 10.7 Å². The standard InChI is InChI=1S/C11H21Br/c1-2-3-4-5-10-6-8-11(12)9-7-10/h10-11H,2-9H2,1H3. The summed E-state index contributed by atoms with van der Waals surface area (Å²) in [4.78, 5) is 0.833. The van der Waals surface area contributed by atoms with Crippen LogP contribution in [0.25, 0.3) is 0 Å². The molecule has 12 heavy (non-hydrogen) atoms. The Hall–Kier alpha value is 0.480. The van der Waals surface area contributed by atoms with Gasteiger partial charge in [-0.2, -0.15) is 0 Å². The molecular formula is C11H21Br. The van der Waals surface area contributed by atoms with Gasteiger partial charge in [0.05, 0.1) is 0 Å². The lowest BCUT2D eigenvalue weighted by Crippen LogP contribution is -2.13. The summed E-state index contributed by atoms with van der Waals surface area (Å²) in [5.74, 6) is 1.06. The molecule has 0 saturated heterocycles. The summed E-state index contributed by atoms with van der Waals surface area (Å²) in [6, 6.07) is 0. The van der Waals surface area contributed by atoms with Crippen molar-refractivity contribution in [2.45, 2.75) is 63.1 Å². The smallest absolute Gasteiger partial charge is 0.0146 e. The van der Waals surface area contributed by atoms with E-state index in [9.17, 15) is 0 Å². The molecule has 0 aromatic heterocycles. The van der Waals surface area contributed by atoms with Gasteiger partial charge in [0.25, 0.3) is 0 Å². The van der Waals surface area contributed by atoms with Crippen LogP contribution in [0.15, 0.2) is 0 Å². The number of rotatable bonds is 4. The van der Waals surface area contributed by atoms with E-state index < -0.39 is 0 Å². The van der Waals surface area contributed by atoms with E-state index in [1.165, 1.54) is 51.4 Å². The van der Waals surface area contributed by atoms with E-state index in [0.29, 0.717) is 0 Å².